The Kier molecular flexibility index (Phi) is 5.02. The third kappa shape index (κ3) is 3.59. The Morgan fingerprint density at radius 2 is 1.96 bits per heavy atom. The average Bonchev–Trinajstić information content (AvgIpc) is 3.02. The molecular formula is C18H19N5O3. The van der Waals surface area contributed by atoms with Crippen molar-refractivity contribution >= 4 is 22.8 Å². The molecule has 0 radical (unpaired) electrons. The highest BCUT2D eigenvalue weighted by atomic mass is 16.5. The highest BCUT2D eigenvalue weighted by Gasteiger charge is 2.14. The van der Waals surface area contributed by atoms with Gasteiger partial charge in [0.15, 0.2) is 0 Å². The van der Waals surface area contributed by atoms with Crippen LogP contribution in [0.1, 0.15) is 15.9 Å². The predicted octanol–water partition coefficient (Wildman–Crippen LogP) is 1.73. The molecule has 0 saturated heterocycles. The summed E-state index contributed by atoms with van der Waals surface area (Å²) < 4.78 is 6.98. The minimum atomic E-state index is -0.538. The van der Waals surface area contributed by atoms with Crippen LogP contribution in [0.3, 0.4) is 0 Å². The normalized spacial score (nSPS) is 10.4. The smallest absolute Gasteiger partial charge is 0.333 e. The van der Waals surface area contributed by atoms with E-state index in [1.807, 2.05) is 35.9 Å². The van der Waals surface area contributed by atoms with Crippen LogP contribution in [-0.4, -0.2) is 28.6 Å². The number of hydrazine groups is 1. The second kappa shape index (κ2) is 7.56. The number of carbonyl (C=O) groups excluding carboxylic acids is 2. The van der Waals surface area contributed by atoms with Crippen molar-refractivity contribution in [2.24, 2.45) is 7.05 Å². The van der Waals surface area contributed by atoms with Gasteiger partial charge < -0.3 is 14.6 Å². The topological polar surface area (TPSA) is 97.3 Å². The number of nitrogens with one attached hydrogen (secondary N) is 3. The molecule has 3 N–H and O–H groups in total. The molecule has 3 aromatic rings. The maximum absolute atomic E-state index is 12.4. The molecule has 134 valence electrons. The van der Waals surface area contributed by atoms with Gasteiger partial charge in [0, 0.05) is 42.5 Å². The van der Waals surface area contributed by atoms with Gasteiger partial charge in [0.1, 0.15) is 0 Å². The number of benzene rings is 1. The summed E-state index contributed by atoms with van der Waals surface area (Å²) in [4.78, 5) is 28.3. The predicted molar refractivity (Wildman–Crippen MR) is 96.5 cm³/mol. The first-order valence-corrected chi connectivity index (χ1v) is 7.96. The van der Waals surface area contributed by atoms with Crippen molar-refractivity contribution in [3.8, 4) is 5.88 Å². The Labute approximate surface area is 150 Å². The number of methoxy groups -OCH3 is 1. The summed E-state index contributed by atoms with van der Waals surface area (Å²) in [5, 5.41) is 3.45. The summed E-state index contributed by atoms with van der Waals surface area (Å²) >= 11 is 0. The molecule has 0 saturated carbocycles. The first kappa shape index (κ1) is 17.3. The molecule has 0 aliphatic heterocycles. The Morgan fingerprint density at radius 1 is 1.15 bits per heavy atom. The van der Waals surface area contributed by atoms with Gasteiger partial charge in [-0.15, -0.1) is 0 Å². The van der Waals surface area contributed by atoms with Crippen molar-refractivity contribution in [3.63, 3.8) is 0 Å². The minimum absolute atomic E-state index is 0.215. The molecule has 0 aliphatic rings. The number of carbonyl (C=O) groups is 2. The number of aromatic nitrogens is 2. The molecular weight excluding hydrogens is 334 g/mol. The van der Waals surface area contributed by atoms with Crippen LogP contribution in [0.25, 0.3) is 10.9 Å². The Morgan fingerprint density at radius 3 is 2.77 bits per heavy atom. The van der Waals surface area contributed by atoms with Crippen LogP contribution in [0.2, 0.25) is 0 Å². The number of fused-ring (bicyclic) bond motifs is 1. The molecule has 3 rings (SSSR count). The van der Waals surface area contributed by atoms with Gasteiger partial charge in [-0.3, -0.25) is 10.2 Å². The first-order chi connectivity index (χ1) is 12.6. The molecule has 2 heterocycles. The number of hydrogen-bond acceptors (Lipinski definition) is 4. The van der Waals surface area contributed by atoms with Crippen LogP contribution in [0.15, 0.2) is 48.8 Å². The average molecular weight is 353 g/mol. The van der Waals surface area contributed by atoms with E-state index in [-0.39, 0.29) is 6.54 Å². The van der Waals surface area contributed by atoms with Crippen LogP contribution >= 0.6 is 0 Å². The van der Waals surface area contributed by atoms with E-state index in [0.717, 1.165) is 16.5 Å². The fourth-order valence-corrected chi connectivity index (χ4v) is 2.67. The second-order valence-electron chi connectivity index (χ2n) is 5.60. The second-order valence-corrected chi connectivity index (χ2v) is 5.60. The van der Waals surface area contributed by atoms with Crippen LogP contribution in [0.4, 0.5) is 4.79 Å². The maximum Gasteiger partial charge on any atom is 0.333 e. The largest absolute Gasteiger partial charge is 0.481 e. The van der Waals surface area contributed by atoms with Crippen molar-refractivity contribution in [1.82, 2.24) is 25.7 Å². The van der Waals surface area contributed by atoms with Gasteiger partial charge in [0.25, 0.3) is 5.91 Å². The highest BCUT2D eigenvalue weighted by Crippen LogP contribution is 2.19. The quantitative estimate of drug-likeness (QED) is 0.622. The third-order valence-electron chi connectivity index (χ3n) is 3.91. The zero-order valence-corrected chi connectivity index (χ0v) is 14.4. The molecule has 0 spiro atoms. The molecule has 0 fully saturated rings. The van der Waals surface area contributed by atoms with Gasteiger partial charge in [-0.25, -0.2) is 15.2 Å². The number of urea groups is 1. The molecule has 1 aromatic carbocycles. The zero-order valence-electron chi connectivity index (χ0n) is 14.4. The van der Waals surface area contributed by atoms with Crippen molar-refractivity contribution in [3.05, 3.63) is 59.9 Å². The van der Waals surface area contributed by atoms with E-state index >= 15 is 0 Å². The number of nitrogens with zero attached hydrogens (tertiary/aromatic N) is 2. The standard InChI is InChI=1S/C18H19N5O3/c1-23-11-14(13-7-3-4-8-15(13)23)16(24)21-22-18(25)20-10-12-6-5-9-19-17(12)26-2/h3-9,11H,10H2,1-2H3,(H,21,24)(H2,20,22,25). The lowest BCUT2D eigenvalue weighted by molar-refractivity contribution is 0.0937. The highest BCUT2D eigenvalue weighted by molar-refractivity contribution is 6.07. The number of hydrogen-bond donors (Lipinski definition) is 3. The molecule has 26 heavy (non-hydrogen) atoms. The van der Waals surface area contributed by atoms with Crippen molar-refractivity contribution in [1.29, 1.82) is 0 Å². The Hall–Kier alpha value is -3.55. The van der Waals surface area contributed by atoms with Gasteiger partial charge in [0.05, 0.1) is 12.7 Å². The van der Waals surface area contributed by atoms with Crippen LogP contribution in [-0.2, 0) is 13.6 Å². The molecule has 3 amide bonds. The molecule has 8 heteroatoms. The lowest BCUT2D eigenvalue weighted by atomic mass is 10.2. The number of aryl methyl sites for hydroxylation is 1. The molecule has 0 unspecified atom stereocenters. The number of pyridine rings is 1. The van der Waals surface area contributed by atoms with E-state index in [2.05, 4.69) is 21.2 Å². The summed E-state index contributed by atoms with van der Waals surface area (Å²) in [5.74, 6) is 0.0449. The lowest BCUT2D eigenvalue weighted by Gasteiger charge is -2.10. The Balaban J connectivity index is 1.58. The third-order valence-corrected chi connectivity index (χ3v) is 3.91. The summed E-state index contributed by atoms with van der Waals surface area (Å²) in [7, 11) is 3.37. The molecule has 0 aliphatic carbocycles. The Bertz CT molecular complexity index is 951. The van der Waals surface area contributed by atoms with Crippen LogP contribution in [0.5, 0.6) is 5.88 Å². The monoisotopic (exact) mass is 353 g/mol. The van der Waals surface area contributed by atoms with Gasteiger partial charge >= 0.3 is 6.03 Å². The summed E-state index contributed by atoms with van der Waals surface area (Å²) in [6.07, 6.45) is 3.33. The number of para-hydroxylation sites is 1. The lowest BCUT2D eigenvalue weighted by Crippen LogP contribution is -2.46. The van der Waals surface area contributed by atoms with Gasteiger partial charge in [0.2, 0.25) is 5.88 Å². The molecule has 2 aromatic heterocycles. The number of amides is 3. The first-order valence-electron chi connectivity index (χ1n) is 7.96. The minimum Gasteiger partial charge on any atom is -0.481 e. The molecule has 8 nitrogen and oxygen atoms in total. The van der Waals surface area contributed by atoms with E-state index in [1.165, 1.54) is 7.11 Å². The zero-order chi connectivity index (χ0) is 18.5. The SMILES string of the molecule is COc1ncccc1CNC(=O)NNC(=O)c1cn(C)c2ccccc12. The van der Waals surface area contributed by atoms with Gasteiger partial charge in [-0.05, 0) is 12.1 Å². The van der Waals surface area contributed by atoms with Crippen LogP contribution < -0.4 is 20.9 Å². The summed E-state index contributed by atoms with van der Waals surface area (Å²) in [6.45, 7) is 0.215. The number of ether oxygens (including phenoxy) is 1. The van der Waals surface area contributed by atoms with Gasteiger partial charge in [-0.2, -0.15) is 0 Å². The summed E-state index contributed by atoms with van der Waals surface area (Å²) in [5.41, 5.74) is 6.90. The van der Waals surface area contributed by atoms with Crippen molar-refractivity contribution in [2.45, 2.75) is 6.54 Å². The van der Waals surface area contributed by atoms with Crippen molar-refractivity contribution < 1.29 is 14.3 Å². The summed E-state index contributed by atoms with van der Waals surface area (Å²) in [6, 6.07) is 10.6. The van der Waals surface area contributed by atoms with E-state index in [4.69, 9.17) is 4.74 Å². The van der Waals surface area contributed by atoms with E-state index < -0.39 is 11.9 Å². The molecule has 0 atom stereocenters. The number of rotatable bonds is 4. The van der Waals surface area contributed by atoms with Crippen molar-refractivity contribution in [2.75, 3.05) is 7.11 Å². The van der Waals surface area contributed by atoms with Crippen LogP contribution in [0, 0.1) is 0 Å². The van der Waals surface area contributed by atoms with Gasteiger partial charge in [-0.1, -0.05) is 24.3 Å². The molecule has 0 bridgehead atoms. The van der Waals surface area contributed by atoms with E-state index in [9.17, 15) is 9.59 Å². The fourth-order valence-electron chi connectivity index (χ4n) is 2.67. The maximum atomic E-state index is 12.4. The van der Waals surface area contributed by atoms with E-state index in [0.29, 0.717) is 11.4 Å². The van der Waals surface area contributed by atoms with E-state index in [1.54, 1.807) is 24.5 Å². The fraction of sp³-hybridized carbons (Fsp3) is 0.167.